The Morgan fingerprint density at radius 1 is 1.20 bits per heavy atom. The van der Waals surface area contributed by atoms with E-state index in [4.69, 9.17) is 11.0 Å². The fourth-order valence-electron chi connectivity index (χ4n) is 1.59. The molecule has 0 aliphatic carbocycles. The van der Waals surface area contributed by atoms with E-state index in [9.17, 15) is 13.2 Å². The lowest BCUT2D eigenvalue weighted by molar-refractivity contribution is -0.137. The number of hydrogen-bond acceptors (Lipinski definition) is 4. The summed E-state index contributed by atoms with van der Waals surface area (Å²) in [6.45, 7) is 0. The van der Waals surface area contributed by atoms with E-state index in [1.54, 1.807) is 18.2 Å². The maximum Gasteiger partial charge on any atom is 0.416 e. The maximum atomic E-state index is 12.7. The van der Waals surface area contributed by atoms with Gasteiger partial charge in [0, 0.05) is 5.69 Å². The van der Waals surface area contributed by atoms with Gasteiger partial charge in [-0.1, -0.05) is 6.07 Å². The van der Waals surface area contributed by atoms with Gasteiger partial charge in [0.15, 0.2) is 0 Å². The van der Waals surface area contributed by atoms with Crippen molar-refractivity contribution in [2.45, 2.75) is 6.18 Å². The third-order valence-electron chi connectivity index (χ3n) is 2.44. The smallest absolute Gasteiger partial charge is 0.384 e. The molecule has 0 aliphatic heterocycles. The number of aromatic nitrogens is 1. The van der Waals surface area contributed by atoms with Crippen molar-refractivity contribution in [1.82, 2.24) is 4.98 Å². The Morgan fingerprint density at radius 2 is 1.95 bits per heavy atom. The number of nitrogens with two attached hydrogens (primary N) is 1. The van der Waals surface area contributed by atoms with Gasteiger partial charge in [0.2, 0.25) is 0 Å². The average molecular weight is 278 g/mol. The minimum atomic E-state index is -4.50. The Labute approximate surface area is 112 Å². The molecule has 7 heteroatoms. The molecule has 4 nitrogen and oxygen atoms in total. The number of pyridine rings is 1. The summed E-state index contributed by atoms with van der Waals surface area (Å²) in [5.41, 5.74) is 5.32. The van der Waals surface area contributed by atoms with Crippen LogP contribution < -0.4 is 11.1 Å². The van der Waals surface area contributed by atoms with Gasteiger partial charge in [0.1, 0.15) is 11.6 Å². The van der Waals surface area contributed by atoms with E-state index in [-0.39, 0.29) is 11.6 Å². The van der Waals surface area contributed by atoms with Gasteiger partial charge in [-0.15, -0.1) is 0 Å². The highest BCUT2D eigenvalue weighted by Crippen LogP contribution is 2.32. The largest absolute Gasteiger partial charge is 0.416 e. The van der Waals surface area contributed by atoms with Gasteiger partial charge in [0.05, 0.1) is 17.2 Å². The lowest BCUT2D eigenvalue weighted by atomic mass is 10.2. The number of nitriles is 1. The van der Waals surface area contributed by atoms with Gasteiger partial charge in [-0.05, 0) is 30.3 Å². The first-order valence-corrected chi connectivity index (χ1v) is 5.50. The summed E-state index contributed by atoms with van der Waals surface area (Å²) in [5, 5.41) is 11.5. The average Bonchev–Trinajstić information content (AvgIpc) is 2.37. The first-order chi connectivity index (χ1) is 9.38. The van der Waals surface area contributed by atoms with Gasteiger partial charge in [0.25, 0.3) is 0 Å². The first-order valence-electron chi connectivity index (χ1n) is 5.50. The predicted molar refractivity (Wildman–Crippen MR) is 68.1 cm³/mol. The second-order valence-corrected chi connectivity index (χ2v) is 3.98. The van der Waals surface area contributed by atoms with Crippen LogP contribution in [0, 0.1) is 11.3 Å². The number of nitrogens with one attached hydrogen (secondary N) is 1. The number of nitrogens with zero attached hydrogens (tertiary/aromatic N) is 2. The molecule has 0 radical (unpaired) electrons. The second kappa shape index (κ2) is 5.09. The minimum Gasteiger partial charge on any atom is -0.384 e. The van der Waals surface area contributed by atoms with Gasteiger partial charge in [-0.3, -0.25) is 0 Å². The molecule has 1 heterocycles. The molecule has 2 rings (SSSR count). The Hall–Kier alpha value is -2.75. The highest BCUT2D eigenvalue weighted by Gasteiger charge is 2.31. The molecule has 3 N–H and O–H groups in total. The Morgan fingerprint density at radius 3 is 2.60 bits per heavy atom. The third kappa shape index (κ3) is 3.17. The van der Waals surface area contributed by atoms with Crippen molar-refractivity contribution in [3.05, 3.63) is 47.5 Å². The molecule has 102 valence electrons. The summed E-state index contributed by atoms with van der Waals surface area (Å²) in [4.78, 5) is 3.78. The molecule has 2 aromatic rings. The number of anilines is 3. The molecule has 0 spiro atoms. The van der Waals surface area contributed by atoms with Gasteiger partial charge >= 0.3 is 6.18 Å². The van der Waals surface area contributed by atoms with Crippen LogP contribution in [0.25, 0.3) is 0 Å². The number of nitrogen functional groups attached to an aromatic ring is 1. The van der Waals surface area contributed by atoms with Crippen LogP contribution in [-0.4, -0.2) is 4.98 Å². The van der Waals surface area contributed by atoms with Crippen molar-refractivity contribution in [3.8, 4) is 6.07 Å². The molecular weight excluding hydrogens is 269 g/mol. The second-order valence-electron chi connectivity index (χ2n) is 3.98. The molecule has 0 amide bonds. The molecule has 0 aliphatic rings. The molecule has 20 heavy (non-hydrogen) atoms. The summed E-state index contributed by atoms with van der Waals surface area (Å²) in [5.74, 6) is -0.272. The molecule has 0 unspecified atom stereocenters. The Kier molecular flexibility index (Phi) is 3.48. The van der Waals surface area contributed by atoms with Crippen LogP contribution in [0.1, 0.15) is 11.1 Å². The van der Waals surface area contributed by atoms with Crippen LogP contribution in [0.2, 0.25) is 0 Å². The zero-order valence-corrected chi connectivity index (χ0v) is 10.1. The summed E-state index contributed by atoms with van der Waals surface area (Å²) in [6.07, 6.45) is -4.50. The van der Waals surface area contributed by atoms with Crippen LogP contribution in [-0.2, 0) is 6.18 Å². The lowest BCUT2D eigenvalue weighted by Crippen LogP contribution is -2.08. The van der Waals surface area contributed by atoms with E-state index in [1.165, 1.54) is 6.07 Å². The molecule has 1 aromatic carbocycles. The zero-order chi connectivity index (χ0) is 14.8. The zero-order valence-electron chi connectivity index (χ0n) is 10.1. The fourth-order valence-corrected chi connectivity index (χ4v) is 1.59. The molecule has 0 saturated heterocycles. The van der Waals surface area contributed by atoms with E-state index >= 15 is 0 Å². The van der Waals surface area contributed by atoms with Crippen molar-refractivity contribution < 1.29 is 13.2 Å². The number of hydrogen-bond donors (Lipinski definition) is 2. The van der Waals surface area contributed by atoms with Crippen molar-refractivity contribution in [2.75, 3.05) is 11.1 Å². The standard InChI is InChI=1S/C13H9F3N4/c14-13(15,16)9-5-11(18)20-12(6-9)19-10-3-1-2-8(4-10)7-17/h1-6H,(H3,18,19,20). The van der Waals surface area contributed by atoms with Gasteiger partial charge in [-0.2, -0.15) is 18.4 Å². The highest BCUT2D eigenvalue weighted by molar-refractivity contribution is 5.60. The summed E-state index contributed by atoms with van der Waals surface area (Å²) in [7, 11) is 0. The van der Waals surface area contributed by atoms with E-state index in [0.29, 0.717) is 11.3 Å². The Balaban J connectivity index is 2.34. The fraction of sp³-hybridized carbons (Fsp3) is 0.0769. The van der Waals surface area contributed by atoms with Crippen LogP contribution in [0.5, 0.6) is 0 Å². The van der Waals surface area contributed by atoms with E-state index in [2.05, 4.69) is 10.3 Å². The van der Waals surface area contributed by atoms with Crippen molar-refractivity contribution in [2.24, 2.45) is 0 Å². The topological polar surface area (TPSA) is 74.7 Å². The first kappa shape index (κ1) is 13.7. The molecular formula is C13H9F3N4. The van der Waals surface area contributed by atoms with E-state index < -0.39 is 11.7 Å². The summed E-state index contributed by atoms with van der Waals surface area (Å²) in [6, 6.07) is 9.85. The highest BCUT2D eigenvalue weighted by atomic mass is 19.4. The number of benzene rings is 1. The van der Waals surface area contributed by atoms with E-state index in [0.717, 1.165) is 12.1 Å². The number of rotatable bonds is 2. The van der Waals surface area contributed by atoms with Gasteiger partial charge in [-0.25, -0.2) is 4.98 Å². The molecule has 0 fully saturated rings. The lowest BCUT2D eigenvalue weighted by Gasteiger charge is -2.11. The summed E-state index contributed by atoms with van der Waals surface area (Å²) < 4.78 is 38.0. The van der Waals surface area contributed by atoms with Crippen LogP contribution >= 0.6 is 0 Å². The van der Waals surface area contributed by atoms with E-state index in [1.807, 2.05) is 6.07 Å². The summed E-state index contributed by atoms with van der Waals surface area (Å²) >= 11 is 0. The third-order valence-corrected chi connectivity index (χ3v) is 2.44. The maximum absolute atomic E-state index is 12.7. The number of alkyl halides is 3. The van der Waals surface area contributed by atoms with Crippen molar-refractivity contribution >= 4 is 17.3 Å². The minimum absolute atomic E-state index is 0.0348. The Bertz CT molecular complexity index is 674. The molecule has 0 bridgehead atoms. The number of halogens is 3. The van der Waals surface area contributed by atoms with Gasteiger partial charge < -0.3 is 11.1 Å². The predicted octanol–water partition coefficient (Wildman–Crippen LogP) is 3.30. The SMILES string of the molecule is N#Cc1cccc(Nc2cc(C(F)(F)F)cc(N)n2)c1. The normalized spacial score (nSPS) is 10.9. The van der Waals surface area contributed by atoms with Crippen LogP contribution in [0.3, 0.4) is 0 Å². The van der Waals surface area contributed by atoms with Crippen LogP contribution in [0.4, 0.5) is 30.5 Å². The van der Waals surface area contributed by atoms with Crippen molar-refractivity contribution in [1.29, 1.82) is 5.26 Å². The van der Waals surface area contributed by atoms with Crippen molar-refractivity contribution in [3.63, 3.8) is 0 Å². The van der Waals surface area contributed by atoms with Crippen LogP contribution in [0.15, 0.2) is 36.4 Å². The molecule has 0 atom stereocenters. The molecule has 0 saturated carbocycles. The molecule has 1 aromatic heterocycles. The quantitative estimate of drug-likeness (QED) is 0.883. The monoisotopic (exact) mass is 278 g/mol.